The minimum atomic E-state index is -4.47. The SMILES string of the molecule is NC(=O)c1ccccc1-c1ccc(C(F)(F)F)cc1-c1ccc(N2CCNCC2)cc1. The van der Waals surface area contributed by atoms with Crippen molar-refractivity contribution in [3.05, 3.63) is 77.9 Å². The molecule has 160 valence electrons. The van der Waals surface area contributed by atoms with E-state index in [9.17, 15) is 18.0 Å². The predicted octanol–water partition coefficient (Wildman–Crippen LogP) is 4.55. The van der Waals surface area contributed by atoms with E-state index in [1.54, 1.807) is 24.3 Å². The molecule has 3 aromatic rings. The Morgan fingerprint density at radius 2 is 1.55 bits per heavy atom. The normalized spacial score (nSPS) is 14.5. The van der Waals surface area contributed by atoms with Gasteiger partial charge in [0.05, 0.1) is 5.56 Å². The first-order chi connectivity index (χ1) is 14.8. The maximum Gasteiger partial charge on any atom is 0.416 e. The number of nitrogens with zero attached hydrogens (tertiary/aromatic N) is 1. The number of piperazine rings is 1. The zero-order valence-electron chi connectivity index (χ0n) is 16.7. The molecule has 31 heavy (non-hydrogen) atoms. The van der Waals surface area contributed by atoms with E-state index >= 15 is 0 Å². The van der Waals surface area contributed by atoms with Gasteiger partial charge < -0.3 is 16.0 Å². The van der Waals surface area contributed by atoms with Crippen LogP contribution in [0.15, 0.2) is 66.7 Å². The molecular formula is C24H22F3N3O. The lowest BCUT2D eigenvalue weighted by molar-refractivity contribution is -0.137. The number of amides is 1. The van der Waals surface area contributed by atoms with Crippen LogP contribution in [0.2, 0.25) is 0 Å². The zero-order valence-corrected chi connectivity index (χ0v) is 16.7. The molecule has 1 aliphatic heterocycles. The van der Waals surface area contributed by atoms with Crippen molar-refractivity contribution in [2.75, 3.05) is 31.1 Å². The second-order valence-corrected chi connectivity index (χ2v) is 7.45. The molecule has 4 nitrogen and oxygen atoms in total. The lowest BCUT2D eigenvalue weighted by Gasteiger charge is -2.29. The Labute approximate surface area is 178 Å². The van der Waals surface area contributed by atoms with Crippen LogP contribution in [0.25, 0.3) is 22.3 Å². The molecule has 3 N–H and O–H groups in total. The fraction of sp³-hybridized carbons (Fsp3) is 0.208. The van der Waals surface area contributed by atoms with Crippen LogP contribution in [-0.4, -0.2) is 32.1 Å². The highest BCUT2D eigenvalue weighted by Gasteiger charge is 2.31. The van der Waals surface area contributed by atoms with E-state index in [4.69, 9.17) is 5.73 Å². The van der Waals surface area contributed by atoms with Crippen molar-refractivity contribution in [1.29, 1.82) is 0 Å². The summed E-state index contributed by atoms with van der Waals surface area (Å²) in [7, 11) is 0. The first-order valence-corrected chi connectivity index (χ1v) is 10.0. The first kappa shape index (κ1) is 20.9. The Morgan fingerprint density at radius 1 is 0.871 bits per heavy atom. The third-order valence-electron chi connectivity index (χ3n) is 5.49. The minimum Gasteiger partial charge on any atom is -0.369 e. The predicted molar refractivity (Wildman–Crippen MR) is 116 cm³/mol. The summed E-state index contributed by atoms with van der Waals surface area (Å²) in [5, 5.41) is 3.30. The molecule has 3 aromatic carbocycles. The van der Waals surface area contributed by atoms with Gasteiger partial charge in [0.1, 0.15) is 0 Å². The van der Waals surface area contributed by atoms with Gasteiger partial charge in [-0.15, -0.1) is 0 Å². The average molecular weight is 425 g/mol. The molecule has 0 spiro atoms. The summed E-state index contributed by atoms with van der Waals surface area (Å²) in [6.07, 6.45) is -4.47. The average Bonchev–Trinajstić information content (AvgIpc) is 2.79. The number of nitrogens with two attached hydrogens (primary N) is 1. The van der Waals surface area contributed by atoms with Crippen molar-refractivity contribution >= 4 is 11.6 Å². The second kappa shape index (κ2) is 8.43. The third kappa shape index (κ3) is 4.41. The summed E-state index contributed by atoms with van der Waals surface area (Å²) >= 11 is 0. The number of nitrogens with one attached hydrogen (secondary N) is 1. The van der Waals surface area contributed by atoms with Gasteiger partial charge in [0.25, 0.3) is 0 Å². The van der Waals surface area contributed by atoms with Gasteiger partial charge in [-0.25, -0.2) is 0 Å². The molecule has 1 fully saturated rings. The number of alkyl halides is 3. The number of benzene rings is 3. The van der Waals surface area contributed by atoms with Gasteiger partial charge in [-0.2, -0.15) is 13.2 Å². The zero-order chi connectivity index (χ0) is 22.0. The van der Waals surface area contributed by atoms with E-state index in [0.717, 1.165) is 44.0 Å². The van der Waals surface area contributed by atoms with Crippen LogP contribution in [0.1, 0.15) is 15.9 Å². The third-order valence-corrected chi connectivity index (χ3v) is 5.49. The summed E-state index contributed by atoms with van der Waals surface area (Å²) < 4.78 is 40.3. The smallest absolute Gasteiger partial charge is 0.369 e. The van der Waals surface area contributed by atoms with E-state index in [0.29, 0.717) is 22.3 Å². The first-order valence-electron chi connectivity index (χ1n) is 10.0. The summed E-state index contributed by atoms with van der Waals surface area (Å²) in [6.45, 7) is 3.53. The summed E-state index contributed by atoms with van der Waals surface area (Å²) in [5.41, 5.74) is 8.13. The number of carbonyl (C=O) groups excluding carboxylic acids is 1. The van der Waals surface area contributed by atoms with Gasteiger partial charge >= 0.3 is 6.18 Å². The number of anilines is 1. The molecule has 0 bridgehead atoms. The Kier molecular flexibility index (Phi) is 5.69. The van der Waals surface area contributed by atoms with E-state index in [2.05, 4.69) is 10.2 Å². The van der Waals surface area contributed by atoms with E-state index in [1.807, 2.05) is 24.3 Å². The molecule has 0 atom stereocenters. The largest absolute Gasteiger partial charge is 0.416 e. The molecular weight excluding hydrogens is 403 g/mol. The monoisotopic (exact) mass is 425 g/mol. The highest BCUT2D eigenvalue weighted by atomic mass is 19.4. The van der Waals surface area contributed by atoms with Crippen LogP contribution in [0.3, 0.4) is 0 Å². The number of hydrogen-bond acceptors (Lipinski definition) is 3. The van der Waals surface area contributed by atoms with E-state index in [1.165, 1.54) is 6.07 Å². The minimum absolute atomic E-state index is 0.265. The highest BCUT2D eigenvalue weighted by molar-refractivity contribution is 6.02. The lowest BCUT2D eigenvalue weighted by Crippen LogP contribution is -2.43. The fourth-order valence-corrected chi connectivity index (χ4v) is 3.90. The fourth-order valence-electron chi connectivity index (χ4n) is 3.90. The second-order valence-electron chi connectivity index (χ2n) is 7.45. The molecule has 1 aliphatic rings. The number of primary amides is 1. The molecule has 0 saturated carbocycles. The molecule has 0 unspecified atom stereocenters. The van der Waals surface area contributed by atoms with Crippen LogP contribution in [-0.2, 0) is 6.18 Å². The molecule has 7 heteroatoms. The van der Waals surface area contributed by atoms with Gasteiger partial charge in [-0.1, -0.05) is 36.4 Å². The van der Waals surface area contributed by atoms with E-state index < -0.39 is 17.6 Å². The Bertz CT molecular complexity index is 1090. The van der Waals surface area contributed by atoms with Gasteiger partial charge in [-0.3, -0.25) is 4.79 Å². The van der Waals surface area contributed by atoms with Gasteiger partial charge in [0, 0.05) is 37.4 Å². The molecule has 1 heterocycles. The number of carbonyl (C=O) groups is 1. The van der Waals surface area contributed by atoms with Crippen LogP contribution in [0.4, 0.5) is 18.9 Å². The van der Waals surface area contributed by atoms with Crippen LogP contribution in [0, 0.1) is 0 Å². The van der Waals surface area contributed by atoms with Crippen molar-refractivity contribution < 1.29 is 18.0 Å². The summed E-state index contributed by atoms with van der Waals surface area (Å²) in [6, 6.07) is 17.7. The quantitative estimate of drug-likeness (QED) is 0.645. The van der Waals surface area contributed by atoms with Crippen LogP contribution in [0.5, 0.6) is 0 Å². The molecule has 4 rings (SSSR count). The van der Waals surface area contributed by atoms with Gasteiger partial charge in [-0.05, 0) is 52.6 Å². The number of hydrogen-bond donors (Lipinski definition) is 2. The Hall–Kier alpha value is -3.32. The maximum atomic E-state index is 13.4. The van der Waals surface area contributed by atoms with Crippen molar-refractivity contribution in [3.8, 4) is 22.3 Å². The Morgan fingerprint density at radius 3 is 2.19 bits per heavy atom. The van der Waals surface area contributed by atoms with Gasteiger partial charge in [0.2, 0.25) is 5.91 Å². The number of halogens is 3. The maximum absolute atomic E-state index is 13.4. The lowest BCUT2D eigenvalue weighted by atomic mass is 9.90. The van der Waals surface area contributed by atoms with Crippen molar-refractivity contribution in [1.82, 2.24) is 5.32 Å². The van der Waals surface area contributed by atoms with Crippen LogP contribution < -0.4 is 16.0 Å². The summed E-state index contributed by atoms with van der Waals surface area (Å²) in [4.78, 5) is 14.2. The standard InChI is InChI=1S/C24H22F3N3O/c25-24(26,27)17-7-10-20(19-3-1-2-4-21(19)23(28)31)22(15-17)16-5-8-18(9-6-16)30-13-11-29-12-14-30/h1-10,15,29H,11-14H2,(H2,28,31). The molecule has 0 aromatic heterocycles. The van der Waals surface area contributed by atoms with Crippen molar-refractivity contribution in [3.63, 3.8) is 0 Å². The molecule has 0 aliphatic carbocycles. The Balaban J connectivity index is 1.83. The molecule has 1 saturated heterocycles. The molecule has 1 amide bonds. The van der Waals surface area contributed by atoms with Crippen LogP contribution >= 0.6 is 0 Å². The highest BCUT2D eigenvalue weighted by Crippen LogP contribution is 2.39. The topological polar surface area (TPSA) is 58.4 Å². The van der Waals surface area contributed by atoms with Crippen molar-refractivity contribution in [2.45, 2.75) is 6.18 Å². The summed E-state index contributed by atoms with van der Waals surface area (Å²) in [5.74, 6) is -0.629. The van der Waals surface area contributed by atoms with Gasteiger partial charge in [0.15, 0.2) is 0 Å². The van der Waals surface area contributed by atoms with Crippen molar-refractivity contribution in [2.24, 2.45) is 5.73 Å². The van der Waals surface area contributed by atoms with E-state index in [-0.39, 0.29) is 5.56 Å². The number of rotatable bonds is 4. The molecule has 0 radical (unpaired) electrons.